The van der Waals surface area contributed by atoms with Crippen LogP contribution in [0.25, 0.3) is 0 Å². The summed E-state index contributed by atoms with van der Waals surface area (Å²) in [6.07, 6.45) is 2.53. The molecule has 2 amide bonds. The predicted octanol–water partition coefficient (Wildman–Crippen LogP) is 1.77. The van der Waals surface area contributed by atoms with Gasteiger partial charge in [0.25, 0.3) is 11.8 Å². The first-order chi connectivity index (χ1) is 15.5. The average molecular weight is 446 g/mol. The van der Waals surface area contributed by atoms with Crippen molar-refractivity contribution in [2.45, 2.75) is 25.4 Å². The molecule has 1 aliphatic heterocycles. The standard InChI is InChI=1S/C22H26N2O8/c1-28-17-11-19(30-3)18(29-2)10-14(17)12-23-20(25)13-32-22(27)15-6-4-8-24(15)21(26)16-7-5-9-31-16/h5,7,9-11,15H,4,6,8,12-13H2,1-3H3,(H,23,25)/t15-/m0/s1. The van der Waals surface area contributed by atoms with Crippen molar-refractivity contribution in [2.75, 3.05) is 34.5 Å². The van der Waals surface area contributed by atoms with E-state index in [-0.39, 0.29) is 18.2 Å². The van der Waals surface area contributed by atoms with Crippen molar-refractivity contribution in [3.63, 3.8) is 0 Å². The van der Waals surface area contributed by atoms with Gasteiger partial charge in [-0.15, -0.1) is 0 Å². The number of ether oxygens (including phenoxy) is 4. The first-order valence-electron chi connectivity index (χ1n) is 10.0. The first kappa shape index (κ1) is 23.0. The summed E-state index contributed by atoms with van der Waals surface area (Å²) < 4.78 is 26.1. The van der Waals surface area contributed by atoms with E-state index in [1.165, 1.54) is 32.5 Å². The topological polar surface area (TPSA) is 117 Å². The second kappa shape index (κ2) is 10.6. The Kier molecular flexibility index (Phi) is 7.58. The smallest absolute Gasteiger partial charge is 0.329 e. The van der Waals surface area contributed by atoms with E-state index in [1.54, 1.807) is 24.3 Å². The largest absolute Gasteiger partial charge is 0.496 e. The highest BCUT2D eigenvalue weighted by molar-refractivity contribution is 5.95. The number of benzene rings is 1. The van der Waals surface area contributed by atoms with Crippen LogP contribution in [0.4, 0.5) is 0 Å². The SMILES string of the molecule is COc1cc(OC)c(OC)cc1CNC(=O)COC(=O)[C@@H]1CCCN1C(=O)c1ccco1. The summed E-state index contributed by atoms with van der Waals surface area (Å²) in [4.78, 5) is 38.6. The summed E-state index contributed by atoms with van der Waals surface area (Å²) in [5.74, 6) is 0.173. The molecule has 32 heavy (non-hydrogen) atoms. The van der Waals surface area contributed by atoms with E-state index in [0.717, 1.165) is 0 Å². The van der Waals surface area contributed by atoms with Crippen LogP contribution in [0, 0.1) is 0 Å². The third kappa shape index (κ3) is 5.13. The van der Waals surface area contributed by atoms with Crippen LogP contribution in [-0.2, 0) is 20.9 Å². The molecule has 0 spiro atoms. The van der Waals surface area contributed by atoms with Crippen LogP contribution in [0.5, 0.6) is 17.2 Å². The Labute approximate surface area is 185 Å². The number of nitrogens with one attached hydrogen (secondary N) is 1. The molecule has 0 unspecified atom stereocenters. The summed E-state index contributed by atoms with van der Waals surface area (Å²) in [5.41, 5.74) is 0.663. The van der Waals surface area contributed by atoms with Crippen LogP contribution in [0.2, 0.25) is 0 Å². The Hall–Kier alpha value is -3.69. The van der Waals surface area contributed by atoms with Crippen LogP contribution >= 0.6 is 0 Å². The number of hydrogen-bond acceptors (Lipinski definition) is 8. The van der Waals surface area contributed by atoms with Crippen LogP contribution in [0.1, 0.15) is 29.0 Å². The zero-order valence-electron chi connectivity index (χ0n) is 18.2. The number of nitrogens with zero attached hydrogens (tertiary/aromatic N) is 1. The van der Waals surface area contributed by atoms with Gasteiger partial charge >= 0.3 is 5.97 Å². The number of furan rings is 1. The zero-order chi connectivity index (χ0) is 23.1. The van der Waals surface area contributed by atoms with Gasteiger partial charge in [0.2, 0.25) is 0 Å². The third-order valence-electron chi connectivity index (χ3n) is 5.13. The maximum absolute atomic E-state index is 12.5. The summed E-state index contributed by atoms with van der Waals surface area (Å²) in [6, 6.07) is 5.75. The van der Waals surface area contributed by atoms with Crippen molar-refractivity contribution in [1.29, 1.82) is 0 Å². The minimum absolute atomic E-state index is 0.131. The molecule has 0 bridgehead atoms. The highest BCUT2D eigenvalue weighted by atomic mass is 16.5. The Balaban J connectivity index is 1.54. The lowest BCUT2D eigenvalue weighted by Crippen LogP contribution is -2.42. The van der Waals surface area contributed by atoms with Crippen molar-refractivity contribution in [1.82, 2.24) is 10.2 Å². The first-order valence-corrected chi connectivity index (χ1v) is 10.0. The third-order valence-corrected chi connectivity index (χ3v) is 5.13. The molecule has 1 fully saturated rings. The van der Waals surface area contributed by atoms with Crippen molar-refractivity contribution >= 4 is 17.8 Å². The van der Waals surface area contributed by atoms with Crippen LogP contribution in [0.3, 0.4) is 0 Å². The molecule has 0 radical (unpaired) electrons. The van der Waals surface area contributed by atoms with Gasteiger partial charge in [0.15, 0.2) is 23.9 Å². The van der Waals surface area contributed by atoms with E-state index >= 15 is 0 Å². The van der Waals surface area contributed by atoms with Crippen molar-refractivity contribution < 1.29 is 37.7 Å². The minimum atomic E-state index is -0.744. The van der Waals surface area contributed by atoms with Crippen LogP contribution in [-0.4, -0.2) is 63.2 Å². The van der Waals surface area contributed by atoms with Gasteiger partial charge in [-0.1, -0.05) is 0 Å². The quantitative estimate of drug-likeness (QED) is 0.580. The van der Waals surface area contributed by atoms with E-state index in [0.29, 0.717) is 42.2 Å². The van der Waals surface area contributed by atoms with E-state index in [4.69, 9.17) is 23.4 Å². The van der Waals surface area contributed by atoms with Gasteiger partial charge in [-0.2, -0.15) is 0 Å². The molecule has 172 valence electrons. The molecule has 1 saturated heterocycles. The normalized spacial score (nSPS) is 15.2. The zero-order valence-corrected chi connectivity index (χ0v) is 18.2. The fourth-order valence-corrected chi connectivity index (χ4v) is 3.50. The number of likely N-dealkylation sites (tertiary alicyclic amines) is 1. The van der Waals surface area contributed by atoms with Gasteiger partial charge in [-0.3, -0.25) is 9.59 Å². The number of hydrogen-bond donors (Lipinski definition) is 1. The Morgan fingerprint density at radius 1 is 1.09 bits per heavy atom. The Morgan fingerprint density at radius 3 is 2.47 bits per heavy atom. The number of carbonyl (C=O) groups excluding carboxylic acids is 3. The van der Waals surface area contributed by atoms with Crippen LogP contribution in [0.15, 0.2) is 34.9 Å². The molecule has 2 heterocycles. The Bertz CT molecular complexity index is 957. The molecule has 1 aliphatic rings. The molecular weight excluding hydrogens is 420 g/mol. The van der Waals surface area contributed by atoms with E-state index in [2.05, 4.69) is 5.32 Å². The molecule has 10 nitrogen and oxygen atoms in total. The number of esters is 1. The lowest BCUT2D eigenvalue weighted by molar-refractivity contribution is -0.152. The number of amides is 2. The molecule has 0 saturated carbocycles. The summed E-state index contributed by atoms with van der Waals surface area (Å²) in [7, 11) is 4.53. The Morgan fingerprint density at radius 2 is 1.81 bits per heavy atom. The van der Waals surface area contributed by atoms with Crippen molar-refractivity contribution in [3.05, 3.63) is 41.9 Å². The lowest BCUT2D eigenvalue weighted by atomic mass is 10.1. The number of carbonyl (C=O) groups is 3. The fourth-order valence-electron chi connectivity index (χ4n) is 3.50. The molecule has 1 atom stereocenters. The maximum Gasteiger partial charge on any atom is 0.329 e. The van der Waals surface area contributed by atoms with Gasteiger partial charge in [0.05, 0.1) is 27.6 Å². The second-order valence-electron chi connectivity index (χ2n) is 7.04. The summed E-state index contributed by atoms with van der Waals surface area (Å²) in [6.45, 7) is 0.0881. The predicted molar refractivity (Wildman–Crippen MR) is 112 cm³/mol. The van der Waals surface area contributed by atoms with E-state index < -0.39 is 24.5 Å². The van der Waals surface area contributed by atoms with E-state index in [9.17, 15) is 14.4 Å². The molecular formula is C22H26N2O8. The average Bonchev–Trinajstić information content (AvgIpc) is 3.52. The van der Waals surface area contributed by atoms with Crippen molar-refractivity contribution in [2.24, 2.45) is 0 Å². The molecule has 3 rings (SSSR count). The number of methoxy groups -OCH3 is 3. The van der Waals surface area contributed by atoms with Gasteiger partial charge in [-0.05, 0) is 31.0 Å². The monoisotopic (exact) mass is 446 g/mol. The van der Waals surface area contributed by atoms with Crippen LogP contribution < -0.4 is 19.5 Å². The maximum atomic E-state index is 12.5. The number of rotatable bonds is 9. The summed E-state index contributed by atoms with van der Waals surface area (Å²) >= 11 is 0. The van der Waals surface area contributed by atoms with E-state index in [1.807, 2.05) is 0 Å². The molecule has 1 aromatic carbocycles. The molecule has 10 heteroatoms. The minimum Gasteiger partial charge on any atom is -0.496 e. The highest BCUT2D eigenvalue weighted by Gasteiger charge is 2.36. The molecule has 1 aromatic heterocycles. The highest BCUT2D eigenvalue weighted by Crippen LogP contribution is 2.34. The van der Waals surface area contributed by atoms with Crippen molar-refractivity contribution in [3.8, 4) is 17.2 Å². The van der Waals surface area contributed by atoms with Gasteiger partial charge in [-0.25, -0.2) is 4.79 Å². The summed E-state index contributed by atoms with van der Waals surface area (Å²) in [5, 5.41) is 2.68. The van der Waals surface area contributed by atoms with Gasteiger partial charge < -0.3 is 33.6 Å². The molecule has 1 N–H and O–H groups in total. The fraction of sp³-hybridized carbons (Fsp3) is 0.409. The lowest BCUT2D eigenvalue weighted by Gasteiger charge is -2.22. The molecule has 2 aromatic rings. The van der Waals surface area contributed by atoms with Gasteiger partial charge in [0.1, 0.15) is 11.8 Å². The molecule has 0 aliphatic carbocycles. The second-order valence-corrected chi connectivity index (χ2v) is 7.04. The van der Waals surface area contributed by atoms with Gasteiger partial charge in [0, 0.05) is 24.7 Å².